The van der Waals surface area contributed by atoms with Crippen molar-refractivity contribution in [2.75, 3.05) is 7.11 Å². The van der Waals surface area contributed by atoms with E-state index in [9.17, 15) is 4.79 Å². The van der Waals surface area contributed by atoms with Gasteiger partial charge < -0.3 is 4.74 Å². The minimum Gasteiger partial charge on any atom is -0.496 e. The molecule has 0 aliphatic heterocycles. The molecule has 1 atom stereocenters. The minimum atomic E-state index is 0.132. The van der Waals surface area contributed by atoms with E-state index in [2.05, 4.69) is 22.6 Å². The van der Waals surface area contributed by atoms with E-state index in [-0.39, 0.29) is 9.71 Å². The Morgan fingerprint density at radius 1 is 1.50 bits per heavy atom. The first-order chi connectivity index (χ1) is 6.74. The van der Waals surface area contributed by atoms with Gasteiger partial charge in [0.15, 0.2) is 5.78 Å². The van der Waals surface area contributed by atoms with Crippen molar-refractivity contribution in [2.45, 2.75) is 16.8 Å². The monoisotopic (exact) mass is 302 g/mol. The summed E-state index contributed by atoms with van der Waals surface area (Å²) in [6.07, 6.45) is 1.87. The molecule has 0 aromatic heterocycles. The Morgan fingerprint density at radius 3 is 3.00 bits per heavy atom. The lowest BCUT2D eigenvalue weighted by molar-refractivity contribution is 0.0984. The fourth-order valence-electron chi connectivity index (χ4n) is 1.82. The summed E-state index contributed by atoms with van der Waals surface area (Å²) in [5.41, 5.74) is 1.92. The van der Waals surface area contributed by atoms with Crippen LogP contribution in [0.25, 0.3) is 0 Å². The Balaban J connectivity index is 2.52. The molecule has 0 spiro atoms. The highest BCUT2D eigenvalue weighted by molar-refractivity contribution is 14.1. The van der Waals surface area contributed by atoms with Crippen LogP contribution in [0.1, 0.15) is 22.3 Å². The third-order valence-corrected chi connectivity index (χ3v) is 3.74. The summed E-state index contributed by atoms with van der Waals surface area (Å²) >= 11 is 2.21. The van der Waals surface area contributed by atoms with E-state index in [1.165, 1.54) is 0 Å². The maximum atomic E-state index is 11.8. The van der Waals surface area contributed by atoms with Crippen LogP contribution < -0.4 is 4.74 Å². The average Bonchev–Trinajstić information content (AvgIpc) is 2.23. The normalized spacial score (nSPS) is 20.4. The van der Waals surface area contributed by atoms with Crippen LogP contribution in [0.3, 0.4) is 0 Å². The van der Waals surface area contributed by atoms with Gasteiger partial charge >= 0.3 is 0 Å². The summed E-state index contributed by atoms with van der Waals surface area (Å²) in [4.78, 5) is 11.8. The molecular formula is C11H11IO2. The number of ether oxygens (including phenoxy) is 1. The minimum absolute atomic E-state index is 0.132. The first-order valence-corrected chi connectivity index (χ1v) is 5.82. The number of alkyl halides is 1. The highest BCUT2D eigenvalue weighted by Gasteiger charge is 2.26. The Hall–Kier alpha value is -0.580. The van der Waals surface area contributed by atoms with Gasteiger partial charge in [0, 0.05) is 11.1 Å². The quantitative estimate of drug-likeness (QED) is 0.589. The fourth-order valence-corrected chi connectivity index (χ4v) is 2.46. The number of hydrogen-bond donors (Lipinski definition) is 0. The van der Waals surface area contributed by atoms with Gasteiger partial charge in [0.2, 0.25) is 0 Å². The van der Waals surface area contributed by atoms with Crippen molar-refractivity contribution in [3.05, 3.63) is 29.3 Å². The number of rotatable bonds is 1. The Morgan fingerprint density at radius 2 is 2.29 bits per heavy atom. The van der Waals surface area contributed by atoms with Crippen LogP contribution in [-0.2, 0) is 6.42 Å². The molecule has 0 fully saturated rings. The van der Waals surface area contributed by atoms with Crippen molar-refractivity contribution in [1.82, 2.24) is 0 Å². The van der Waals surface area contributed by atoms with E-state index in [0.717, 1.165) is 29.7 Å². The van der Waals surface area contributed by atoms with Gasteiger partial charge in [-0.1, -0.05) is 34.7 Å². The molecule has 1 aromatic rings. The molecule has 2 rings (SSSR count). The van der Waals surface area contributed by atoms with Crippen LogP contribution in [0, 0.1) is 0 Å². The second-order valence-electron chi connectivity index (χ2n) is 3.36. The number of benzene rings is 1. The van der Waals surface area contributed by atoms with Crippen molar-refractivity contribution in [2.24, 2.45) is 0 Å². The van der Waals surface area contributed by atoms with Crippen LogP contribution in [0.15, 0.2) is 18.2 Å². The van der Waals surface area contributed by atoms with Gasteiger partial charge in [0.1, 0.15) is 5.75 Å². The van der Waals surface area contributed by atoms with Gasteiger partial charge in [-0.3, -0.25) is 4.79 Å². The molecule has 1 aliphatic rings. The number of methoxy groups -OCH3 is 1. The number of Topliss-reactive ketones (excluding diaryl/α,β-unsaturated/α-hetero) is 1. The molecule has 1 unspecified atom stereocenters. The second-order valence-corrected chi connectivity index (χ2v) is 4.86. The molecule has 0 saturated heterocycles. The highest BCUT2D eigenvalue weighted by atomic mass is 127. The molecule has 0 amide bonds. The van der Waals surface area contributed by atoms with Crippen molar-refractivity contribution < 1.29 is 9.53 Å². The maximum absolute atomic E-state index is 11.8. The standard InChI is InChI=1S/C11H11IO2/c1-14-10-4-2-3-8-7(10)5-6-9(12)11(8)13/h2-4,9H,5-6H2,1H3. The molecule has 0 heterocycles. The number of carbonyl (C=O) groups is 1. The number of ketones is 1. The van der Waals surface area contributed by atoms with E-state index >= 15 is 0 Å². The van der Waals surface area contributed by atoms with Crippen molar-refractivity contribution in [3.8, 4) is 5.75 Å². The largest absolute Gasteiger partial charge is 0.496 e. The lowest BCUT2D eigenvalue weighted by Gasteiger charge is -2.20. The zero-order chi connectivity index (χ0) is 10.1. The molecule has 2 nitrogen and oxygen atoms in total. The fraction of sp³-hybridized carbons (Fsp3) is 0.364. The summed E-state index contributed by atoms with van der Waals surface area (Å²) in [7, 11) is 1.65. The van der Waals surface area contributed by atoms with Gasteiger partial charge in [-0.25, -0.2) is 0 Å². The van der Waals surface area contributed by atoms with Crippen LogP contribution in [-0.4, -0.2) is 16.8 Å². The number of carbonyl (C=O) groups excluding carboxylic acids is 1. The summed E-state index contributed by atoms with van der Waals surface area (Å²) < 4.78 is 5.37. The third-order valence-electron chi connectivity index (χ3n) is 2.55. The Bertz CT molecular complexity index is 374. The van der Waals surface area contributed by atoms with Crippen molar-refractivity contribution in [1.29, 1.82) is 0 Å². The highest BCUT2D eigenvalue weighted by Crippen LogP contribution is 2.31. The maximum Gasteiger partial charge on any atom is 0.176 e. The molecule has 1 aromatic carbocycles. The summed E-state index contributed by atoms with van der Waals surface area (Å²) in [6, 6.07) is 5.69. The smallest absolute Gasteiger partial charge is 0.176 e. The van der Waals surface area contributed by atoms with Gasteiger partial charge in [-0.05, 0) is 18.9 Å². The molecular weight excluding hydrogens is 291 g/mol. The van der Waals surface area contributed by atoms with E-state index < -0.39 is 0 Å². The Kier molecular flexibility index (Phi) is 2.76. The molecule has 14 heavy (non-hydrogen) atoms. The van der Waals surface area contributed by atoms with E-state index in [0.29, 0.717) is 0 Å². The van der Waals surface area contributed by atoms with Crippen molar-refractivity contribution in [3.63, 3.8) is 0 Å². The zero-order valence-corrected chi connectivity index (χ0v) is 10.1. The van der Waals surface area contributed by atoms with Gasteiger partial charge in [-0.15, -0.1) is 0 Å². The van der Waals surface area contributed by atoms with E-state index in [4.69, 9.17) is 4.74 Å². The molecule has 0 bridgehead atoms. The topological polar surface area (TPSA) is 26.3 Å². The lowest BCUT2D eigenvalue weighted by Crippen LogP contribution is -2.22. The Labute approximate surface area is 96.8 Å². The summed E-state index contributed by atoms with van der Waals surface area (Å²) in [6.45, 7) is 0. The summed E-state index contributed by atoms with van der Waals surface area (Å²) in [5.74, 6) is 1.09. The number of fused-ring (bicyclic) bond motifs is 1. The van der Waals surface area contributed by atoms with Crippen molar-refractivity contribution >= 4 is 28.4 Å². The van der Waals surface area contributed by atoms with Crippen LogP contribution in [0.4, 0.5) is 0 Å². The molecule has 3 heteroatoms. The molecule has 1 aliphatic carbocycles. The molecule has 74 valence electrons. The predicted molar refractivity (Wildman–Crippen MR) is 63.5 cm³/mol. The SMILES string of the molecule is COc1cccc2c1CCC(I)C2=O. The lowest BCUT2D eigenvalue weighted by atomic mass is 9.90. The van der Waals surface area contributed by atoms with Gasteiger partial charge in [0.05, 0.1) is 11.0 Å². The summed E-state index contributed by atoms with van der Waals surface area (Å²) in [5, 5.41) is 0. The van der Waals surface area contributed by atoms with E-state index in [1.807, 2.05) is 18.2 Å². The second kappa shape index (κ2) is 3.88. The average molecular weight is 302 g/mol. The number of halogens is 1. The predicted octanol–water partition coefficient (Wildman–Crippen LogP) is 2.63. The van der Waals surface area contributed by atoms with Gasteiger partial charge in [-0.2, -0.15) is 0 Å². The third kappa shape index (κ3) is 1.54. The van der Waals surface area contributed by atoms with Crippen LogP contribution in [0.5, 0.6) is 5.75 Å². The molecule has 0 radical (unpaired) electrons. The zero-order valence-electron chi connectivity index (χ0n) is 7.92. The molecule has 0 saturated carbocycles. The number of hydrogen-bond acceptors (Lipinski definition) is 2. The van der Waals surface area contributed by atoms with Gasteiger partial charge in [0.25, 0.3) is 0 Å². The first kappa shape index (κ1) is 9.96. The van der Waals surface area contributed by atoms with E-state index in [1.54, 1.807) is 7.11 Å². The first-order valence-electron chi connectivity index (χ1n) is 4.58. The molecule has 0 N–H and O–H groups in total. The van der Waals surface area contributed by atoms with Crippen LogP contribution >= 0.6 is 22.6 Å². The van der Waals surface area contributed by atoms with Crippen LogP contribution in [0.2, 0.25) is 0 Å².